The molecular weight excluding hydrogens is 1790 g/mol. The standard InChI is InChI=1S/2C34H20N2O.C34H20N2S.C30H18N2S/c1-2-10-22(11-3-1)32-34(35-29-18-17-21-9-4-5-13-24(21)33(29)36-32)26-15-8-12-23-19-28-25-14-6-7-16-30(25)37-31(28)20-27(23)26;1-2-10-22(11-3-1)32-34(36-33-24-13-5-4-9-21(24)17-18-29(33)35-32)26-15-8-12-23-19-28-25-14-6-7-16-30(25)37-31(28)20-27(23)26;1-2-10-23(11-3-1)32-34(35-27-19-17-21-9-4-5-13-24(21)33(27)36-32)26-15-8-12-22-18-20-29-31(30(22)26)25-14-6-7-16-28(25)37-29;1-2-9-20(10-3-1)29-30(32-24-15-6-5-14-23(24)31-29)22-13-8-11-19-17-18-26-28(27(19)22)21-12-4-7-16-25(21)33-26/h3*1-20H;1-18H. The first kappa shape index (κ1) is 83.4. The van der Waals surface area contributed by atoms with Crippen LogP contribution in [-0.2, 0) is 0 Å². The number of thiophene rings is 2. The zero-order valence-electron chi connectivity index (χ0n) is 77.2. The first-order chi connectivity index (χ1) is 71.4. The largest absolute Gasteiger partial charge is 0.456 e. The average Bonchev–Trinajstić information content (AvgIpc) is 1.48. The van der Waals surface area contributed by atoms with E-state index in [-0.39, 0.29) is 0 Å². The highest BCUT2D eigenvalue weighted by Crippen LogP contribution is 2.50. The van der Waals surface area contributed by atoms with Crippen molar-refractivity contribution in [2.24, 2.45) is 0 Å². The zero-order valence-corrected chi connectivity index (χ0v) is 78.9. The second kappa shape index (κ2) is 34.7. The summed E-state index contributed by atoms with van der Waals surface area (Å²) < 4.78 is 17.7. The van der Waals surface area contributed by atoms with E-state index in [2.05, 4.69) is 388 Å². The van der Waals surface area contributed by atoms with Crippen LogP contribution in [-0.4, -0.2) is 39.9 Å². The van der Waals surface area contributed by atoms with E-state index in [1.54, 1.807) is 0 Å². The molecular formula is C132H78N8O2S2. The highest BCUT2D eigenvalue weighted by atomic mass is 32.1. The lowest BCUT2D eigenvalue weighted by Crippen LogP contribution is -1.97. The second-order valence-electron chi connectivity index (χ2n) is 36.4. The minimum atomic E-state index is 0.870. The maximum absolute atomic E-state index is 6.26. The molecule has 8 heterocycles. The molecule has 0 amide bonds. The Kier molecular flexibility index (Phi) is 20.1. The lowest BCUT2D eigenvalue weighted by molar-refractivity contribution is 0.669. The van der Waals surface area contributed by atoms with Crippen LogP contribution < -0.4 is 0 Å². The van der Waals surface area contributed by atoms with Crippen LogP contribution in [0.3, 0.4) is 0 Å². The van der Waals surface area contributed by atoms with Crippen molar-refractivity contribution in [3.8, 4) is 90.1 Å². The Morgan fingerprint density at radius 3 is 0.840 bits per heavy atom. The number of aromatic nitrogens is 8. The fourth-order valence-corrected chi connectivity index (χ4v) is 23.5. The van der Waals surface area contributed by atoms with Crippen molar-refractivity contribution in [2.75, 3.05) is 0 Å². The molecule has 0 bridgehead atoms. The van der Waals surface area contributed by atoms with E-state index in [4.69, 9.17) is 48.7 Å². The summed E-state index contributed by atoms with van der Waals surface area (Å²) in [5.74, 6) is 0. The summed E-state index contributed by atoms with van der Waals surface area (Å²) in [6.45, 7) is 0. The molecule has 0 saturated heterocycles. The molecule has 0 atom stereocenters. The SMILES string of the molecule is c1ccc(-c2nc3c(ccc4ccccc43)nc2-c2cccc3cc4c(cc23)oc2ccccc24)cc1.c1ccc(-c2nc3c(ccc4ccccc43)nc2-c2cccc3ccc4sc5ccccc5c4c23)cc1.c1ccc(-c2nc3ccc4ccccc4c3nc2-c2cccc3cc4c(cc23)oc2ccccc24)cc1.c1ccc(-c2nc3ccccc3nc2-c2cccc3ccc4sc5ccccc5c4c23)cc1. The van der Waals surface area contributed by atoms with Crippen molar-refractivity contribution >= 4 is 226 Å². The van der Waals surface area contributed by atoms with Gasteiger partial charge in [-0.15, -0.1) is 22.7 Å². The maximum Gasteiger partial charge on any atom is 0.136 e. The molecule has 0 N–H and O–H groups in total. The van der Waals surface area contributed by atoms with E-state index in [1.165, 1.54) is 67.3 Å². The van der Waals surface area contributed by atoms with E-state index < -0.39 is 0 Å². The van der Waals surface area contributed by atoms with E-state index in [9.17, 15) is 0 Å². The number of fused-ring (bicyclic) bond motifs is 28. The van der Waals surface area contributed by atoms with Gasteiger partial charge in [-0.3, -0.25) is 0 Å². The molecule has 31 rings (SSSR count). The van der Waals surface area contributed by atoms with Crippen LogP contribution in [0.4, 0.5) is 0 Å². The minimum absolute atomic E-state index is 0.870. The molecule has 0 aliphatic carbocycles. The molecule has 0 unspecified atom stereocenters. The molecule has 0 aliphatic heterocycles. The Balaban J connectivity index is 0.0000000935. The summed E-state index contributed by atoms with van der Waals surface area (Å²) >= 11 is 3.70. The number of rotatable bonds is 8. The Morgan fingerprint density at radius 2 is 0.431 bits per heavy atom. The number of furan rings is 2. The number of nitrogens with zero attached hydrogens (tertiary/aromatic N) is 8. The molecule has 0 fully saturated rings. The molecule has 0 saturated carbocycles. The summed E-state index contributed by atoms with van der Waals surface area (Å²) in [4.78, 5) is 42.0. The first-order valence-electron chi connectivity index (χ1n) is 48.3. The number of hydrogen-bond acceptors (Lipinski definition) is 12. The van der Waals surface area contributed by atoms with Gasteiger partial charge in [0.25, 0.3) is 0 Å². The van der Waals surface area contributed by atoms with Gasteiger partial charge in [0.05, 0.1) is 89.7 Å². The molecule has 0 spiro atoms. The molecule has 23 aromatic carbocycles. The highest BCUT2D eigenvalue weighted by molar-refractivity contribution is 7.26. The lowest BCUT2D eigenvalue weighted by atomic mass is 9.94. The minimum Gasteiger partial charge on any atom is -0.456 e. The molecule has 12 heteroatoms. The third-order valence-corrected chi connectivity index (χ3v) is 30.3. The van der Waals surface area contributed by atoms with Gasteiger partial charge < -0.3 is 8.83 Å². The predicted molar refractivity (Wildman–Crippen MR) is 605 cm³/mol. The Hall–Kier alpha value is -18.7. The molecule has 10 nitrogen and oxygen atoms in total. The fourth-order valence-electron chi connectivity index (χ4n) is 21.3. The third-order valence-electron chi connectivity index (χ3n) is 28.0. The van der Waals surface area contributed by atoms with Crippen LogP contribution in [0, 0.1) is 0 Å². The van der Waals surface area contributed by atoms with Gasteiger partial charge in [-0.1, -0.05) is 382 Å². The number of hydrogen-bond donors (Lipinski definition) is 0. The Labute approximate surface area is 832 Å². The van der Waals surface area contributed by atoms with E-state index in [1.807, 2.05) is 108 Å². The normalized spacial score (nSPS) is 11.8. The predicted octanol–water partition coefficient (Wildman–Crippen LogP) is 36.5. The molecule has 31 aromatic rings. The van der Waals surface area contributed by atoms with E-state index in [0.29, 0.717) is 0 Å². The molecule has 8 aromatic heterocycles. The van der Waals surface area contributed by atoms with Gasteiger partial charge in [-0.2, -0.15) is 0 Å². The zero-order chi connectivity index (χ0) is 94.8. The maximum atomic E-state index is 6.26. The number of benzene rings is 23. The van der Waals surface area contributed by atoms with Crippen LogP contribution in [0.5, 0.6) is 0 Å². The summed E-state index contributed by atoms with van der Waals surface area (Å²) in [7, 11) is 0. The first-order valence-corrected chi connectivity index (χ1v) is 49.9. The van der Waals surface area contributed by atoms with Crippen molar-refractivity contribution in [2.45, 2.75) is 0 Å². The van der Waals surface area contributed by atoms with Gasteiger partial charge in [0.2, 0.25) is 0 Å². The van der Waals surface area contributed by atoms with Crippen LogP contribution in [0.25, 0.3) is 294 Å². The second-order valence-corrected chi connectivity index (χ2v) is 38.6. The van der Waals surface area contributed by atoms with Crippen LogP contribution >= 0.6 is 22.7 Å². The van der Waals surface area contributed by atoms with Gasteiger partial charge in [0.15, 0.2) is 0 Å². The van der Waals surface area contributed by atoms with Crippen LogP contribution in [0.2, 0.25) is 0 Å². The van der Waals surface area contributed by atoms with Gasteiger partial charge in [0.1, 0.15) is 22.3 Å². The molecule has 0 aliphatic rings. The van der Waals surface area contributed by atoms with Gasteiger partial charge >= 0.3 is 0 Å². The Bertz CT molecular complexity index is 10700. The molecule has 0 radical (unpaired) electrons. The van der Waals surface area contributed by atoms with Crippen LogP contribution in [0.15, 0.2) is 482 Å². The summed E-state index contributed by atoms with van der Waals surface area (Å²) in [5.41, 5.74) is 26.5. The van der Waals surface area contributed by atoms with Crippen LogP contribution in [0.1, 0.15) is 0 Å². The third kappa shape index (κ3) is 14.4. The monoisotopic (exact) mass is 1870 g/mol. The molecule has 670 valence electrons. The summed E-state index contributed by atoms with van der Waals surface area (Å²) in [5, 5.41) is 25.9. The van der Waals surface area contributed by atoms with Gasteiger partial charge in [0, 0.05) is 133 Å². The van der Waals surface area contributed by atoms with Crippen molar-refractivity contribution in [3.05, 3.63) is 473 Å². The van der Waals surface area contributed by atoms with Gasteiger partial charge in [-0.05, 0) is 139 Å². The van der Waals surface area contributed by atoms with Crippen molar-refractivity contribution < 1.29 is 8.83 Å². The fraction of sp³-hybridized carbons (Fsp3) is 0. The highest BCUT2D eigenvalue weighted by Gasteiger charge is 2.26. The van der Waals surface area contributed by atoms with Crippen molar-refractivity contribution in [1.29, 1.82) is 0 Å². The van der Waals surface area contributed by atoms with Gasteiger partial charge in [-0.25, -0.2) is 39.9 Å². The number of para-hydroxylation sites is 4. The average molecular weight is 1870 g/mol. The van der Waals surface area contributed by atoms with E-state index >= 15 is 0 Å². The molecule has 144 heavy (non-hydrogen) atoms. The summed E-state index contributed by atoms with van der Waals surface area (Å²) in [6, 6.07) is 165. The smallest absolute Gasteiger partial charge is 0.136 e. The van der Waals surface area contributed by atoms with Crippen molar-refractivity contribution in [3.63, 3.8) is 0 Å². The topological polar surface area (TPSA) is 129 Å². The van der Waals surface area contributed by atoms with Crippen molar-refractivity contribution in [1.82, 2.24) is 39.9 Å². The van der Waals surface area contributed by atoms with E-state index in [0.717, 1.165) is 227 Å². The quantitative estimate of drug-likeness (QED) is 0.136. The summed E-state index contributed by atoms with van der Waals surface area (Å²) in [6.07, 6.45) is 0. The Morgan fingerprint density at radius 1 is 0.146 bits per heavy atom. The lowest BCUT2D eigenvalue weighted by Gasteiger charge is -2.14.